The number of ether oxygens (including phenoxy) is 2. The Kier molecular flexibility index (Phi) is 10.3. The summed E-state index contributed by atoms with van der Waals surface area (Å²) in [6, 6.07) is 11.8. The van der Waals surface area contributed by atoms with Gasteiger partial charge in [-0.1, -0.05) is 24.3 Å². The van der Waals surface area contributed by atoms with Crippen molar-refractivity contribution >= 4 is 35.6 Å². The van der Waals surface area contributed by atoms with Gasteiger partial charge in [-0.25, -0.2) is 4.79 Å². The quantitative estimate of drug-likeness (QED) is 0.0970. The first-order valence-corrected chi connectivity index (χ1v) is 16.3. The van der Waals surface area contributed by atoms with Crippen LogP contribution in [-0.4, -0.2) is 119 Å². The summed E-state index contributed by atoms with van der Waals surface area (Å²) >= 11 is 0. The number of carbonyl (C=O) groups is 2. The molecule has 274 valence electrons. The molecule has 1 fully saturated rings. The average Bonchev–Trinajstić information content (AvgIpc) is 3.75. The Balaban J connectivity index is 1.37. The Bertz CT molecular complexity index is 1950. The number of aliphatic carboxylic acids is 1. The number of carboxylic acid groups (broad SMARTS) is 1. The van der Waals surface area contributed by atoms with Crippen LogP contribution in [0.2, 0.25) is 0 Å². The van der Waals surface area contributed by atoms with Crippen molar-refractivity contribution in [3.05, 3.63) is 82.9 Å². The minimum Gasteiger partial charge on any atom is -0.508 e. The van der Waals surface area contributed by atoms with E-state index >= 15 is 0 Å². The van der Waals surface area contributed by atoms with E-state index in [-0.39, 0.29) is 42.0 Å². The van der Waals surface area contributed by atoms with Gasteiger partial charge in [0, 0.05) is 36.3 Å². The molecule has 3 aliphatic rings. The number of nitrogens with zero attached hydrogens (tertiary/aromatic N) is 3. The third-order valence-corrected chi connectivity index (χ3v) is 9.31. The molecule has 16 nitrogen and oxygen atoms in total. The highest BCUT2D eigenvalue weighted by Crippen LogP contribution is 2.49. The van der Waals surface area contributed by atoms with Crippen LogP contribution in [0, 0.1) is 0 Å². The Hall–Kier alpha value is -5.36. The lowest BCUT2D eigenvalue weighted by atomic mass is 9.88. The van der Waals surface area contributed by atoms with Crippen molar-refractivity contribution in [3.63, 3.8) is 0 Å². The number of carboxylic acids is 1. The molecule has 6 rings (SSSR count). The number of phenolic OH excluding ortho intramolecular Hbond substituents is 3. The molecule has 3 aromatic carbocycles. The van der Waals surface area contributed by atoms with Crippen LogP contribution in [0.4, 0.5) is 5.69 Å². The molecule has 3 aromatic rings. The van der Waals surface area contributed by atoms with Gasteiger partial charge in [0.05, 0.1) is 18.0 Å². The lowest BCUT2D eigenvalue weighted by Crippen LogP contribution is -2.67. The predicted octanol–water partition coefficient (Wildman–Crippen LogP) is 0.557. The zero-order chi connectivity index (χ0) is 37.3. The number of anilines is 1. The van der Waals surface area contributed by atoms with E-state index in [0.717, 1.165) is 23.1 Å². The molecular weight excluding hydrogens is 682 g/mol. The van der Waals surface area contributed by atoms with Crippen molar-refractivity contribution in [2.45, 2.75) is 61.6 Å². The number of amides is 1. The monoisotopic (exact) mass is 719 g/mol. The van der Waals surface area contributed by atoms with E-state index in [9.17, 15) is 55.5 Å². The zero-order valence-electron chi connectivity index (χ0n) is 27.4. The summed E-state index contributed by atoms with van der Waals surface area (Å²) in [6.07, 6.45) is -3.05. The lowest BCUT2D eigenvalue weighted by molar-refractivity contribution is -0.422. The largest absolute Gasteiger partial charge is 0.508 e. The molecule has 3 aliphatic heterocycles. The third-order valence-electron chi connectivity index (χ3n) is 9.31. The second-order valence-corrected chi connectivity index (χ2v) is 12.6. The van der Waals surface area contributed by atoms with E-state index in [1.54, 1.807) is 36.5 Å². The smallest absolute Gasteiger partial charge is 0.355 e. The van der Waals surface area contributed by atoms with Gasteiger partial charge in [-0.2, -0.15) is 0 Å². The van der Waals surface area contributed by atoms with Crippen molar-refractivity contribution in [2.75, 3.05) is 18.2 Å². The fraction of sp³-hybridized carbons (Fsp3) is 0.333. The minimum absolute atomic E-state index is 0.00609. The van der Waals surface area contributed by atoms with Crippen LogP contribution in [0.25, 0.3) is 6.08 Å². The van der Waals surface area contributed by atoms with Crippen LogP contribution in [-0.2, 0) is 27.2 Å². The molecule has 0 saturated carbocycles. The van der Waals surface area contributed by atoms with Gasteiger partial charge in [-0.3, -0.25) is 19.7 Å². The maximum absolute atomic E-state index is 14.0. The highest BCUT2D eigenvalue weighted by Gasteiger charge is 2.56. The summed E-state index contributed by atoms with van der Waals surface area (Å²) < 4.78 is 10.6. The van der Waals surface area contributed by atoms with Crippen molar-refractivity contribution < 1.29 is 65.0 Å². The number of carbonyl (C=O) groups excluding carboxylic acids is 1. The Morgan fingerprint density at radius 1 is 0.981 bits per heavy atom. The number of aliphatic hydroxyl groups is 5. The molecule has 0 aromatic heterocycles. The number of hydrogen-bond acceptors (Lipinski definition) is 14. The molecular formula is C36H37N3O13. The third kappa shape index (κ3) is 7.07. The highest BCUT2D eigenvalue weighted by atomic mass is 16.8. The maximum atomic E-state index is 14.0. The summed E-state index contributed by atoms with van der Waals surface area (Å²) in [5, 5.41) is 94.0. The lowest BCUT2D eigenvalue weighted by Gasteiger charge is -2.44. The molecule has 1 saturated heterocycles. The molecule has 0 unspecified atom stereocenters. The molecule has 9 N–H and O–H groups in total. The SMILES string of the molecule is O=C(O)[C@H]1[C@@H](CCc2ccccc2O)c2cc(O)c(O[C@]3(O)O[C@H](CO)[C@@H](O)[C@H](O)[C@H]3O)cc2N1C(=O)/C=C/c1ccc(O)c(CC2=NCN=C2)c1. The van der Waals surface area contributed by atoms with Crippen molar-refractivity contribution in [1.29, 1.82) is 0 Å². The summed E-state index contributed by atoms with van der Waals surface area (Å²) in [5.74, 6) is -7.52. The van der Waals surface area contributed by atoms with Gasteiger partial charge in [-0.05, 0) is 59.9 Å². The molecule has 0 bridgehead atoms. The predicted molar refractivity (Wildman–Crippen MR) is 183 cm³/mol. The molecule has 0 aliphatic carbocycles. The molecule has 7 atom stereocenters. The molecule has 0 spiro atoms. The number of rotatable bonds is 11. The number of aliphatic imine (C=N–C) groups is 2. The van der Waals surface area contributed by atoms with Gasteiger partial charge in [0.1, 0.15) is 42.5 Å². The van der Waals surface area contributed by atoms with E-state index in [1.807, 2.05) is 0 Å². The van der Waals surface area contributed by atoms with Gasteiger partial charge in [0.15, 0.2) is 17.6 Å². The number of aryl methyl sites for hydroxylation is 1. The van der Waals surface area contributed by atoms with Gasteiger partial charge in [0.2, 0.25) is 0 Å². The van der Waals surface area contributed by atoms with E-state index in [2.05, 4.69) is 9.98 Å². The molecule has 16 heteroatoms. The van der Waals surface area contributed by atoms with Gasteiger partial charge in [0.25, 0.3) is 5.91 Å². The highest BCUT2D eigenvalue weighted by molar-refractivity contribution is 6.32. The van der Waals surface area contributed by atoms with Crippen molar-refractivity contribution in [1.82, 2.24) is 0 Å². The van der Waals surface area contributed by atoms with Crippen molar-refractivity contribution in [2.24, 2.45) is 9.98 Å². The molecule has 1 amide bonds. The number of para-hydroxylation sites is 1. The first kappa shape index (κ1) is 36.4. The molecule has 0 radical (unpaired) electrons. The number of benzene rings is 3. The fourth-order valence-corrected chi connectivity index (χ4v) is 6.63. The molecule has 3 heterocycles. The zero-order valence-corrected chi connectivity index (χ0v) is 27.4. The van der Waals surface area contributed by atoms with E-state index in [4.69, 9.17) is 9.47 Å². The van der Waals surface area contributed by atoms with Crippen LogP contribution < -0.4 is 9.64 Å². The van der Waals surface area contributed by atoms with E-state index < -0.39 is 72.3 Å². The van der Waals surface area contributed by atoms with Crippen LogP contribution in [0.3, 0.4) is 0 Å². The topological polar surface area (TPSA) is 263 Å². The van der Waals surface area contributed by atoms with Crippen LogP contribution >= 0.6 is 0 Å². The standard InChI is InChI=1S/C36H37N3O13/c40-16-29-32(45)33(46)34(47)36(50,52-29)51-28-14-24-23(13-27(28)43)22(8-7-19-3-1-2-4-25(19)41)31(35(48)49)39(24)30(44)10-6-18-5-9-26(42)20(11-18)12-21-15-37-17-38-21/h1-6,9-11,13-15,22,29,31-34,40-43,45-47,50H,7-8,12,16-17H2,(H,48,49)/b10-6+/t22-,29+,31+,32+,33-,34+,36-/m0/s1. The van der Waals surface area contributed by atoms with Gasteiger partial charge in [-0.15, -0.1) is 0 Å². The summed E-state index contributed by atoms with van der Waals surface area (Å²) in [7, 11) is 0. The minimum atomic E-state index is -3.12. The first-order valence-electron chi connectivity index (χ1n) is 16.3. The first-order chi connectivity index (χ1) is 24.8. The van der Waals surface area contributed by atoms with Gasteiger partial charge < -0.3 is 55.4 Å². The second-order valence-electron chi connectivity index (χ2n) is 12.6. The summed E-state index contributed by atoms with van der Waals surface area (Å²) in [6.45, 7) is -0.600. The number of hydrogen-bond donors (Lipinski definition) is 9. The summed E-state index contributed by atoms with van der Waals surface area (Å²) in [5.41, 5.74) is 2.36. The van der Waals surface area contributed by atoms with Crippen molar-refractivity contribution in [3.8, 4) is 23.0 Å². The van der Waals surface area contributed by atoms with Crippen LogP contribution in [0.5, 0.6) is 23.0 Å². The Labute approximate surface area is 296 Å². The fourth-order valence-electron chi connectivity index (χ4n) is 6.63. The number of aromatic hydroxyl groups is 3. The summed E-state index contributed by atoms with van der Waals surface area (Å²) in [4.78, 5) is 36.2. The number of fused-ring (bicyclic) bond motifs is 1. The van der Waals surface area contributed by atoms with E-state index in [0.29, 0.717) is 29.1 Å². The molecule has 52 heavy (non-hydrogen) atoms. The number of phenols is 3. The van der Waals surface area contributed by atoms with Crippen LogP contribution in [0.15, 0.2) is 70.7 Å². The van der Waals surface area contributed by atoms with Crippen LogP contribution in [0.1, 0.15) is 34.6 Å². The average molecular weight is 720 g/mol. The van der Waals surface area contributed by atoms with Gasteiger partial charge >= 0.3 is 11.9 Å². The normalized spacial score (nSPS) is 26.8. The second kappa shape index (κ2) is 14.7. The maximum Gasteiger partial charge on any atom is 0.355 e. The van der Waals surface area contributed by atoms with E-state index in [1.165, 1.54) is 18.2 Å². The Morgan fingerprint density at radius 2 is 1.73 bits per heavy atom. The Morgan fingerprint density at radius 3 is 2.42 bits per heavy atom. The number of aliphatic hydroxyl groups excluding tert-OH is 4.